The largest absolute Gasteiger partial charge is 0.322 e. The molecule has 130 valence electrons. The van der Waals surface area contributed by atoms with Crippen LogP contribution in [-0.2, 0) is 11.3 Å². The highest BCUT2D eigenvalue weighted by molar-refractivity contribution is 7.18. The smallest absolute Gasteiger partial charge is 0.262 e. The van der Waals surface area contributed by atoms with E-state index in [1.54, 1.807) is 0 Å². The van der Waals surface area contributed by atoms with E-state index in [0.717, 1.165) is 10.4 Å². The van der Waals surface area contributed by atoms with Gasteiger partial charge in [-0.15, -0.1) is 11.3 Å². The van der Waals surface area contributed by atoms with Gasteiger partial charge >= 0.3 is 0 Å². The quantitative estimate of drug-likeness (QED) is 0.674. The number of hydrogen-bond acceptors (Lipinski definition) is 4. The summed E-state index contributed by atoms with van der Waals surface area (Å²) in [5.41, 5.74) is 0.883. The standard InChI is InChI=1S/C16H12Cl3N3O2S/c1-7-8(2)25-15-13(7)16(24)22(6-20-15)5-12(23)21-14-10(18)3-9(17)4-11(14)19/h3-4,6H,5H2,1-2H3,(H,21,23). The number of nitrogens with one attached hydrogen (secondary N) is 1. The molecule has 2 heterocycles. The Bertz CT molecular complexity index is 1040. The number of aryl methyl sites for hydroxylation is 2. The molecule has 0 aliphatic carbocycles. The summed E-state index contributed by atoms with van der Waals surface area (Å²) in [5.74, 6) is -0.445. The van der Waals surface area contributed by atoms with E-state index in [4.69, 9.17) is 34.8 Å². The van der Waals surface area contributed by atoms with Crippen molar-refractivity contribution >= 4 is 68.0 Å². The number of carbonyl (C=O) groups is 1. The predicted octanol–water partition coefficient (Wildman–Crippen LogP) is 4.67. The molecule has 3 aromatic rings. The van der Waals surface area contributed by atoms with Gasteiger partial charge in [-0.25, -0.2) is 4.98 Å². The Morgan fingerprint density at radius 1 is 1.24 bits per heavy atom. The molecule has 1 N–H and O–H groups in total. The van der Waals surface area contributed by atoms with Gasteiger partial charge in [0.25, 0.3) is 5.56 Å². The fourth-order valence-corrected chi connectivity index (χ4v) is 4.28. The molecule has 1 amide bonds. The molecular formula is C16H12Cl3N3O2S. The summed E-state index contributed by atoms with van der Waals surface area (Å²) in [5, 5.41) is 3.95. The molecule has 1 aromatic carbocycles. The first kappa shape index (κ1) is 18.2. The van der Waals surface area contributed by atoms with Gasteiger partial charge in [-0.05, 0) is 31.5 Å². The summed E-state index contributed by atoms with van der Waals surface area (Å²) >= 11 is 19.4. The molecule has 0 spiro atoms. The van der Waals surface area contributed by atoms with E-state index in [-0.39, 0.29) is 27.8 Å². The molecule has 25 heavy (non-hydrogen) atoms. The SMILES string of the molecule is Cc1sc2ncn(CC(=O)Nc3c(Cl)cc(Cl)cc3Cl)c(=O)c2c1C. The highest BCUT2D eigenvalue weighted by Gasteiger charge is 2.15. The number of rotatable bonds is 3. The maximum Gasteiger partial charge on any atom is 0.262 e. The minimum atomic E-state index is -0.445. The maximum absolute atomic E-state index is 12.6. The van der Waals surface area contributed by atoms with Crippen molar-refractivity contribution in [3.8, 4) is 0 Å². The average Bonchev–Trinajstić information content (AvgIpc) is 2.81. The molecule has 2 aromatic heterocycles. The van der Waals surface area contributed by atoms with Gasteiger partial charge in [-0.1, -0.05) is 34.8 Å². The monoisotopic (exact) mass is 415 g/mol. The van der Waals surface area contributed by atoms with Gasteiger partial charge in [0.05, 0.1) is 27.4 Å². The Kier molecular flexibility index (Phi) is 5.06. The van der Waals surface area contributed by atoms with Crippen LogP contribution in [0, 0.1) is 13.8 Å². The van der Waals surface area contributed by atoms with Crippen molar-refractivity contribution in [1.29, 1.82) is 0 Å². The summed E-state index contributed by atoms with van der Waals surface area (Å²) in [6, 6.07) is 2.95. The second-order valence-corrected chi connectivity index (χ2v) is 7.89. The lowest BCUT2D eigenvalue weighted by Gasteiger charge is -2.11. The lowest BCUT2D eigenvalue weighted by molar-refractivity contribution is -0.116. The first-order valence-corrected chi connectivity index (χ1v) is 9.12. The van der Waals surface area contributed by atoms with Gasteiger partial charge in [-0.3, -0.25) is 14.2 Å². The van der Waals surface area contributed by atoms with Crippen LogP contribution in [-0.4, -0.2) is 15.5 Å². The van der Waals surface area contributed by atoms with Crippen molar-refractivity contribution in [3.63, 3.8) is 0 Å². The van der Waals surface area contributed by atoms with Crippen LogP contribution in [0.15, 0.2) is 23.3 Å². The minimum Gasteiger partial charge on any atom is -0.322 e. The van der Waals surface area contributed by atoms with Crippen molar-refractivity contribution in [2.45, 2.75) is 20.4 Å². The van der Waals surface area contributed by atoms with Crippen LogP contribution in [0.4, 0.5) is 5.69 Å². The van der Waals surface area contributed by atoms with Crippen LogP contribution in [0.3, 0.4) is 0 Å². The second-order valence-electron chi connectivity index (χ2n) is 5.43. The number of carbonyl (C=O) groups excluding carboxylic acids is 1. The van der Waals surface area contributed by atoms with Gasteiger partial charge < -0.3 is 5.32 Å². The first-order valence-electron chi connectivity index (χ1n) is 7.17. The molecule has 0 bridgehead atoms. The number of benzene rings is 1. The Morgan fingerprint density at radius 3 is 2.52 bits per heavy atom. The number of hydrogen-bond donors (Lipinski definition) is 1. The second kappa shape index (κ2) is 6.96. The lowest BCUT2D eigenvalue weighted by atomic mass is 10.2. The minimum absolute atomic E-state index is 0.203. The predicted molar refractivity (Wildman–Crippen MR) is 103 cm³/mol. The van der Waals surface area contributed by atoms with E-state index in [1.807, 2.05) is 13.8 Å². The highest BCUT2D eigenvalue weighted by atomic mass is 35.5. The van der Waals surface area contributed by atoms with Crippen LogP contribution >= 0.6 is 46.1 Å². The Hall–Kier alpha value is -1.60. The molecule has 0 saturated carbocycles. The molecule has 0 saturated heterocycles. The van der Waals surface area contributed by atoms with Crippen molar-refractivity contribution in [3.05, 3.63) is 54.3 Å². The van der Waals surface area contributed by atoms with E-state index >= 15 is 0 Å². The Morgan fingerprint density at radius 2 is 1.88 bits per heavy atom. The van der Waals surface area contributed by atoms with Crippen molar-refractivity contribution in [1.82, 2.24) is 9.55 Å². The normalized spacial score (nSPS) is 11.1. The van der Waals surface area contributed by atoms with Gasteiger partial charge in [0, 0.05) is 9.90 Å². The lowest BCUT2D eigenvalue weighted by Crippen LogP contribution is -2.28. The number of thiophene rings is 1. The van der Waals surface area contributed by atoms with Gasteiger partial charge in [0.1, 0.15) is 11.4 Å². The molecule has 3 rings (SSSR count). The highest BCUT2D eigenvalue weighted by Crippen LogP contribution is 2.33. The molecule has 0 aliphatic heterocycles. The Balaban J connectivity index is 1.89. The zero-order valence-electron chi connectivity index (χ0n) is 13.2. The van der Waals surface area contributed by atoms with Crippen LogP contribution in [0.5, 0.6) is 0 Å². The summed E-state index contributed by atoms with van der Waals surface area (Å²) in [4.78, 5) is 30.9. The number of fused-ring (bicyclic) bond motifs is 1. The number of halogens is 3. The number of anilines is 1. The van der Waals surface area contributed by atoms with Gasteiger partial charge in [-0.2, -0.15) is 0 Å². The first-order chi connectivity index (χ1) is 11.8. The third-order valence-corrected chi connectivity index (χ3v) is 5.67. The van der Waals surface area contributed by atoms with E-state index in [9.17, 15) is 9.59 Å². The van der Waals surface area contributed by atoms with Crippen molar-refractivity contribution in [2.24, 2.45) is 0 Å². The fourth-order valence-electron chi connectivity index (χ4n) is 2.38. The average molecular weight is 417 g/mol. The summed E-state index contributed by atoms with van der Waals surface area (Å²) in [6.45, 7) is 3.60. The Labute approximate surface area is 162 Å². The van der Waals surface area contributed by atoms with E-state index in [2.05, 4.69) is 10.3 Å². The summed E-state index contributed by atoms with van der Waals surface area (Å²) < 4.78 is 1.26. The van der Waals surface area contributed by atoms with Crippen LogP contribution in [0.1, 0.15) is 10.4 Å². The van der Waals surface area contributed by atoms with Gasteiger partial charge in [0.15, 0.2) is 0 Å². The molecular weight excluding hydrogens is 405 g/mol. The number of nitrogens with zero attached hydrogens (tertiary/aromatic N) is 2. The topological polar surface area (TPSA) is 64.0 Å². The molecule has 0 radical (unpaired) electrons. The molecule has 0 unspecified atom stereocenters. The maximum atomic E-state index is 12.6. The third kappa shape index (κ3) is 3.53. The van der Waals surface area contributed by atoms with Crippen LogP contribution in [0.2, 0.25) is 15.1 Å². The summed E-state index contributed by atoms with van der Waals surface area (Å²) in [7, 11) is 0. The van der Waals surface area contributed by atoms with Crippen molar-refractivity contribution < 1.29 is 4.79 Å². The molecule has 5 nitrogen and oxygen atoms in total. The third-order valence-electron chi connectivity index (χ3n) is 3.74. The number of aromatic nitrogens is 2. The summed E-state index contributed by atoms with van der Waals surface area (Å²) in [6.07, 6.45) is 1.37. The number of amides is 1. The molecule has 9 heteroatoms. The van der Waals surface area contributed by atoms with E-state index in [1.165, 1.54) is 34.4 Å². The zero-order chi connectivity index (χ0) is 18.3. The van der Waals surface area contributed by atoms with Crippen molar-refractivity contribution in [2.75, 3.05) is 5.32 Å². The molecule has 0 atom stereocenters. The van der Waals surface area contributed by atoms with E-state index in [0.29, 0.717) is 15.2 Å². The van der Waals surface area contributed by atoms with Gasteiger partial charge in [0.2, 0.25) is 5.91 Å². The molecule has 0 aliphatic rings. The molecule has 0 fully saturated rings. The van der Waals surface area contributed by atoms with E-state index < -0.39 is 5.91 Å². The fraction of sp³-hybridized carbons (Fsp3) is 0.188. The zero-order valence-corrected chi connectivity index (χ0v) is 16.3. The van der Waals surface area contributed by atoms with Crippen LogP contribution < -0.4 is 10.9 Å². The van der Waals surface area contributed by atoms with Crippen LogP contribution in [0.25, 0.3) is 10.2 Å².